The van der Waals surface area contributed by atoms with Gasteiger partial charge in [-0.15, -0.1) is 0 Å². The molecule has 2 saturated heterocycles. The second kappa shape index (κ2) is 10.8. The third kappa shape index (κ3) is 6.28. The molecule has 11 heteroatoms. The highest BCUT2D eigenvalue weighted by Gasteiger charge is 2.37. The third-order valence-electron chi connectivity index (χ3n) is 6.35. The Hall–Kier alpha value is -2.31. The molecular weight excluding hydrogens is 479 g/mol. The summed E-state index contributed by atoms with van der Waals surface area (Å²) in [5.41, 5.74) is 2.88. The fourth-order valence-electron chi connectivity index (χ4n) is 3.77. The molecule has 0 spiro atoms. The minimum absolute atomic E-state index is 0.0197. The molecule has 192 valence electrons. The van der Waals surface area contributed by atoms with Crippen molar-refractivity contribution in [3.63, 3.8) is 0 Å². The van der Waals surface area contributed by atoms with E-state index < -0.39 is 32.4 Å². The summed E-state index contributed by atoms with van der Waals surface area (Å²) in [7, 11) is -3.64. The molecule has 35 heavy (non-hydrogen) atoms. The molecule has 2 aromatic rings. The lowest BCUT2D eigenvalue weighted by Gasteiger charge is -2.32. The Morgan fingerprint density at radius 3 is 2.57 bits per heavy atom. The summed E-state index contributed by atoms with van der Waals surface area (Å²) in [5, 5.41) is 0. The zero-order valence-corrected chi connectivity index (χ0v) is 20.7. The Labute approximate surface area is 204 Å². The van der Waals surface area contributed by atoms with Gasteiger partial charge in [0.15, 0.2) is 16.1 Å². The molecule has 0 amide bonds. The van der Waals surface area contributed by atoms with E-state index in [9.17, 15) is 17.6 Å². The second-order valence-electron chi connectivity index (χ2n) is 9.14. The number of nitrogens with zero attached hydrogens (tertiary/aromatic N) is 1. The highest BCUT2D eigenvalue weighted by molar-refractivity contribution is 7.92. The summed E-state index contributed by atoms with van der Waals surface area (Å²) in [6, 6.07) is 8.02. The lowest BCUT2D eigenvalue weighted by Crippen LogP contribution is -2.51. The van der Waals surface area contributed by atoms with E-state index >= 15 is 0 Å². The maximum absolute atomic E-state index is 15.0. The molecule has 2 atom stereocenters. The van der Waals surface area contributed by atoms with E-state index in [4.69, 9.17) is 19.0 Å². The summed E-state index contributed by atoms with van der Waals surface area (Å²) in [6.45, 7) is 3.08. The lowest BCUT2D eigenvalue weighted by atomic mass is 10.1. The van der Waals surface area contributed by atoms with Gasteiger partial charge < -0.3 is 18.8 Å². The van der Waals surface area contributed by atoms with Gasteiger partial charge in [0.05, 0.1) is 13.2 Å². The van der Waals surface area contributed by atoms with Gasteiger partial charge in [-0.1, -0.05) is 12.1 Å². The van der Waals surface area contributed by atoms with Gasteiger partial charge in [0.2, 0.25) is 0 Å². The maximum Gasteiger partial charge on any atom is 0.251 e. The van der Waals surface area contributed by atoms with E-state index in [2.05, 4.69) is 5.48 Å². The third-order valence-corrected chi connectivity index (χ3v) is 8.27. The SMILES string of the molecule is C[C@@](CCn1cc(F)c(-c2ccc(OC3COC3)cc2)cc1=O)(NOC1CCCCO1)S(C)(=O)=O. The van der Waals surface area contributed by atoms with E-state index in [-0.39, 0.29) is 24.6 Å². The van der Waals surface area contributed by atoms with Crippen LogP contribution in [0.3, 0.4) is 0 Å². The highest BCUT2D eigenvalue weighted by Crippen LogP contribution is 2.26. The van der Waals surface area contributed by atoms with Crippen LogP contribution in [-0.4, -0.2) is 56.3 Å². The highest BCUT2D eigenvalue weighted by atomic mass is 32.2. The molecule has 1 aromatic heterocycles. The number of hydrogen-bond donors (Lipinski definition) is 1. The van der Waals surface area contributed by atoms with Crippen molar-refractivity contribution in [3.8, 4) is 16.9 Å². The minimum atomic E-state index is -3.64. The average molecular weight is 511 g/mol. The molecular formula is C24H31FN2O7S. The standard InChI is InChI=1S/C24H31FN2O7S/c1-24(35(2,29)30,26-34-23-5-3-4-12-32-23)10-11-27-14-21(25)20(13-22(27)28)17-6-8-18(9-7-17)33-19-15-31-16-19/h6-9,13-14,19,23,26H,3-5,10-12,15-16H2,1-2H3/t23?,24-/m1/s1. The number of aromatic nitrogens is 1. The molecule has 4 rings (SSSR count). The first-order chi connectivity index (χ1) is 16.6. The van der Waals surface area contributed by atoms with E-state index in [0.29, 0.717) is 37.6 Å². The van der Waals surface area contributed by atoms with Crippen LogP contribution in [0.5, 0.6) is 5.75 Å². The molecule has 2 aliphatic rings. The van der Waals surface area contributed by atoms with Gasteiger partial charge in [-0.05, 0) is 43.9 Å². The number of hydroxylamine groups is 1. The molecule has 1 N–H and O–H groups in total. The Morgan fingerprint density at radius 2 is 1.97 bits per heavy atom. The summed E-state index contributed by atoms with van der Waals surface area (Å²) in [5.74, 6) is 0.0516. The van der Waals surface area contributed by atoms with Crippen molar-refractivity contribution >= 4 is 9.84 Å². The first-order valence-electron chi connectivity index (χ1n) is 11.6. The van der Waals surface area contributed by atoms with Crippen LogP contribution in [0, 0.1) is 5.82 Å². The van der Waals surface area contributed by atoms with Crippen LogP contribution in [0.4, 0.5) is 4.39 Å². The predicted octanol–water partition coefficient (Wildman–Crippen LogP) is 2.63. The van der Waals surface area contributed by atoms with E-state index in [1.54, 1.807) is 24.3 Å². The van der Waals surface area contributed by atoms with E-state index in [0.717, 1.165) is 29.9 Å². The Bertz CT molecular complexity index is 1180. The number of sulfone groups is 1. The molecule has 1 unspecified atom stereocenters. The van der Waals surface area contributed by atoms with Crippen LogP contribution in [0.25, 0.3) is 11.1 Å². The molecule has 1 aromatic carbocycles. The number of benzene rings is 1. The smallest absolute Gasteiger partial charge is 0.251 e. The number of halogens is 1. The first kappa shape index (κ1) is 25.8. The molecule has 0 bridgehead atoms. The van der Waals surface area contributed by atoms with Gasteiger partial charge in [0.1, 0.15) is 22.5 Å². The van der Waals surface area contributed by atoms with Crippen LogP contribution in [-0.2, 0) is 30.7 Å². The average Bonchev–Trinajstić information content (AvgIpc) is 2.81. The summed E-state index contributed by atoms with van der Waals surface area (Å²) < 4.78 is 57.4. The fraction of sp³-hybridized carbons (Fsp3) is 0.542. The van der Waals surface area contributed by atoms with Crippen LogP contribution in [0.2, 0.25) is 0 Å². The van der Waals surface area contributed by atoms with Crippen LogP contribution < -0.4 is 15.8 Å². The van der Waals surface area contributed by atoms with Gasteiger partial charge in [-0.2, -0.15) is 5.48 Å². The summed E-state index contributed by atoms with van der Waals surface area (Å²) >= 11 is 0. The van der Waals surface area contributed by atoms with Gasteiger partial charge in [0, 0.05) is 43.7 Å². The number of pyridine rings is 1. The van der Waals surface area contributed by atoms with Gasteiger partial charge >= 0.3 is 0 Å². The zero-order valence-electron chi connectivity index (χ0n) is 19.9. The van der Waals surface area contributed by atoms with Gasteiger partial charge in [0.25, 0.3) is 5.56 Å². The van der Waals surface area contributed by atoms with E-state index in [1.807, 2.05) is 0 Å². The van der Waals surface area contributed by atoms with Crippen molar-refractivity contribution in [2.45, 2.75) is 56.4 Å². The van der Waals surface area contributed by atoms with Crippen molar-refractivity contribution in [2.75, 3.05) is 26.1 Å². The Kier molecular flexibility index (Phi) is 7.92. The van der Waals surface area contributed by atoms with Crippen LogP contribution in [0.1, 0.15) is 32.6 Å². The van der Waals surface area contributed by atoms with Crippen molar-refractivity contribution in [1.82, 2.24) is 10.0 Å². The fourth-order valence-corrected chi connectivity index (χ4v) is 4.43. The van der Waals surface area contributed by atoms with Crippen LogP contribution >= 0.6 is 0 Å². The number of aryl methyl sites for hydroxylation is 1. The second-order valence-corrected chi connectivity index (χ2v) is 11.6. The first-order valence-corrected chi connectivity index (χ1v) is 13.5. The minimum Gasteiger partial charge on any atom is -0.486 e. The molecule has 0 radical (unpaired) electrons. The molecule has 2 aliphatic heterocycles. The number of hydrogen-bond acceptors (Lipinski definition) is 8. The molecule has 2 fully saturated rings. The topological polar surface area (TPSA) is 105 Å². The normalized spacial score (nSPS) is 20.7. The largest absolute Gasteiger partial charge is 0.486 e. The molecule has 0 saturated carbocycles. The van der Waals surface area contributed by atoms with Crippen LogP contribution in [0.15, 0.2) is 41.3 Å². The van der Waals surface area contributed by atoms with Crippen molar-refractivity contribution in [2.24, 2.45) is 0 Å². The number of rotatable bonds is 10. The maximum atomic E-state index is 15.0. The number of nitrogens with one attached hydrogen (secondary N) is 1. The Morgan fingerprint density at radius 1 is 1.23 bits per heavy atom. The quantitative estimate of drug-likeness (QED) is 0.487. The van der Waals surface area contributed by atoms with Crippen molar-refractivity contribution in [3.05, 3.63) is 52.7 Å². The summed E-state index contributed by atoms with van der Waals surface area (Å²) in [6.07, 6.45) is 4.16. The van der Waals surface area contributed by atoms with E-state index in [1.165, 1.54) is 13.0 Å². The molecule has 0 aliphatic carbocycles. The monoisotopic (exact) mass is 510 g/mol. The molecule has 9 nitrogen and oxygen atoms in total. The summed E-state index contributed by atoms with van der Waals surface area (Å²) in [4.78, 5) is 16.7. The lowest BCUT2D eigenvalue weighted by molar-refractivity contribution is -0.206. The van der Waals surface area contributed by atoms with Gasteiger partial charge in [-0.3, -0.25) is 9.63 Å². The van der Waals surface area contributed by atoms with Crippen molar-refractivity contribution < 1.29 is 31.9 Å². The zero-order chi connectivity index (χ0) is 25.1. The van der Waals surface area contributed by atoms with Crippen molar-refractivity contribution in [1.29, 1.82) is 0 Å². The Balaban J connectivity index is 1.44. The molecule has 3 heterocycles. The number of ether oxygens (including phenoxy) is 3. The predicted molar refractivity (Wildman–Crippen MR) is 127 cm³/mol. The van der Waals surface area contributed by atoms with Gasteiger partial charge in [-0.25, -0.2) is 12.8 Å².